The van der Waals surface area contributed by atoms with Crippen LogP contribution in [0.3, 0.4) is 0 Å². The highest BCUT2D eigenvalue weighted by Crippen LogP contribution is 2.24. The predicted molar refractivity (Wildman–Crippen MR) is 80.5 cm³/mol. The van der Waals surface area contributed by atoms with Gasteiger partial charge in [-0.15, -0.1) is 0 Å². The normalized spacial score (nSPS) is 15.0. The lowest BCUT2D eigenvalue weighted by molar-refractivity contribution is -0.385. The van der Waals surface area contributed by atoms with E-state index in [1.807, 2.05) is 13.8 Å². The van der Waals surface area contributed by atoms with E-state index in [2.05, 4.69) is 4.72 Å². The first kappa shape index (κ1) is 17.5. The average molecular weight is 315 g/mol. The van der Waals surface area contributed by atoms with Crippen molar-refractivity contribution < 1.29 is 13.3 Å². The molecule has 0 heterocycles. The van der Waals surface area contributed by atoms with Crippen molar-refractivity contribution >= 4 is 15.7 Å². The SMILES string of the molecule is Cc1ccc([N+](=O)[O-])cc1S(=O)(=O)NC(C)(CN)C(C)C. The van der Waals surface area contributed by atoms with Gasteiger partial charge in [-0.3, -0.25) is 10.1 Å². The lowest BCUT2D eigenvalue weighted by Gasteiger charge is -2.33. The van der Waals surface area contributed by atoms with Crippen molar-refractivity contribution in [3.8, 4) is 0 Å². The number of nitrogens with zero attached hydrogens (tertiary/aromatic N) is 1. The van der Waals surface area contributed by atoms with Crippen molar-refractivity contribution in [1.29, 1.82) is 0 Å². The third kappa shape index (κ3) is 3.78. The minimum Gasteiger partial charge on any atom is -0.329 e. The zero-order valence-electron chi connectivity index (χ0n) is 12.6. The summed E-state index contributed by atoms with van der Waals surface area (Å²) >= 11 is 0. The molecule has 21 heavy (non-hydrogen) atoms. The summed E-state index contributed by atoms with van der Waals surface area (Å²) in [5.74, 6) is -0.0312. The Hall–Kier alpha value is -1.51. The van der Waals surface area contributed by atoms with Gasteiger partial charge in [-0.1, -0.05) is 19.9 Å². The molecule has 1 unspecified atom stereocenters. The van der Waals surface area contributed by atoms with E-state index < -0.39 is 20.5 Å². The van der Waals surface area contributed by atoms with Gasteiger partial charge >= 0.3 is 0 Å². The highest BCUT2D eigenvalue weighted by Gasteiger charge is 2.33. The van der Waals surface area contributed by atoms with E-state index in [1.165, 1.54) is 12.1 Å². The lowest BCUT2D eigenvalue weighted by atomic mass is 9.90. The van der Waals surface area contributed by atoms with Gasteiger partial charge in [0.05, 0.1) is 9.82 Å². The third-order valence-electron chi connectivity index (χ3n) is 3.74. The molecule has 118 valence electrons. The number of sulfonamides is 1. The zero-order chi connectivity index (χ0) is 16.4. The second-order valence-electron chi connectivity index (χ2n) is 5.59. The highest BCUT2D eigenvalue weighted by atomic mass is 32.2. The van der Waals surface area contributed by atoms with E-state index in [1.54, 1.807) is 13.8 Å². The standard InChI is InChI=1S/C13H21N3O4S/c1-9(2)13(4,8-14)15-21(19,20)12-7-11(16(17)18)6-5-10(12)3/h5-7,9,15H,8,14H2,1-4H3. The van der Waals surface area contributed by atoms with Crippen LogP contribution in [-0.4, -0.2) is 25.4 Å². The van der Waals surface area contributed by atoms with Gasteiger partial charge in [0, 0.05) is 24.2 Å². The topological polar surface area (TPSA) is 115 Å². The molecule has 0 aliphatic rings. The van der Waals surface area contributed by atoms with Crippen LogP contribution < -0.4 is 10.5 Å². The molecule has 0 aliphatic carbocycles. The summed E-state index contributed by atoms with van der Waals surface area (Å²) in [6, 6.07) is 3.76. The molecule has 0 bridgehead atoms. The number of nitro groups is 1. The fraction of sp³-hybridized carbons (Fsp3) is 0.538. The fourth-order valence-electron chi connectivity index (χ4n) is 1.75. The molecule has 1 aromatic rings. The number of non-ortho nitro benzene ring substituents is 1. The maximum Gasteiger partial charge on any atom is 0.270 e. The minimum absolute atomic E-state index is 0.0312. The number of rotatable bonds is 6. The van der Waals surface area contributed by atoms with Gasteiger partial charge < -0.3 is 5.73 Å². The Kier molecular flexibility index (Phi) is 5.08. The monoisotopic (exact) mass is 315 g/mol. The maximum absolute atomic E-state index is 12.5. The van der Waals surface area contributed by atoms with Gasteiger partial charge in [0.25, 0.3) is 5.69 Å². The molecular formula is C13H21N3O4S. The Labute approximate surface area is 124 Å². The van der Waals surface area contributed by atoms with Crippen LogP contribution in [0.5, 0.6) is 0 Å². The molecule has 0 saturated heterocycles. The van der Waals surface area contributed by atoms with Gasteiger partial charge in [0.15, 0.2) is 0 Å². The first-order valence-electron chi connectivity index (χ1n) is 6.52. The van der Waals surface area contributed by atoms with Crippen LogP contribution in [0.25, 0.3) is 0 Å². The van der Waals surface area contributed by atoms with Crippen molar-refractivity contribution in [2.75, 3.05) is 6.54 Å². The number of benzene rings is 1. The van der Waals surface area contributed by atoms with Gasteiger partial charge in [-0.25, -0.2) is 13.1 Å². The van der Waals surface area contributed by atoms with E-state index in [4.69, 9.17) is 5.73 Å². The molecule has 1 aromatic carbocycles. The van der Waals surface area contributed by atoms with E-state index in [-0.39, 0.29) is 23.0 Å². The lowest BCUT2D eigenvalue weighted by Crippen LogP contribution is -2.54. The average Bonchev–Trinajstić information content (AvgIpc) is 2.37. The van der Waals surface area contributed by atoms with Crippen molar-refractivity contribution in [1.82, 2.24) is 4.72 Å². The Bertz CT molecular complexity index is 643. The van der Waals surface area contributed by atoms with Gasteiger partial charge in [0.2, 0.25) is 10.0 Å². The van der Waals surface area contributed by atoms with E-state index in [0.717, 1.165) is 6.07 Å². The highest BCUT2D eigenvalue weighted by molar-refractivity contribution is 7.89. The van der Waals surface area contributed by atoms with Crippen LogP contribution in [-0.2, 0) is 10.0 Å². The molecule has 0 radical (unpaired) electrons. The van der Waals surface area contributed by atoms with Gasteiger partial charge in [-0.05, 0) is 25.3 Å². The molecule has 7 nitrogen and oxygen atoms in total. The van der Waals surface area contributed by atoms with Gasteiger partial charge in [0.1, 0.15) is 0 Å². The van der Waals surface area contributed by atoms with E-state index >= 15 is 0 Å². The largest absolute Gasteiger partial charge is 0.329 e. The van der Waals surface area contributed by atoms with Crippen LogP contribution in [0.1, 0.15) is 26.3 Å². The van der Waals surface area contributed by atoms with Crippen LogP contribution in [0.15, 0.2) is 23.1 Å². The minimum atomic E-state index is -3.90. The van der Waals surface area contributed by atoms with Crippen LogP contribution >= 0.6 is 0 Å². The van der Waals surface area contributed by atoms with E-state index in [9.17, 15) is 18.5 Å². The summed E-state index contributed by atoms with van der Waals surface area (Å²) in [7, 11) is -3.90. The summed E-state index contributed by atoms with van der Waals surface area (Å²) in [5, 5.41) is 10.8. The van der Waals surface area contributed by atoms with Gasteiger partial charge in [-0.2, -0.15) is 0 Å². The zero-order valence-corrected chi connectivity index (χ0v) is 13.4. The predicted octanol–water partition coefficient (Wildman–Crippen LogP) is 1.55. The second kappa shape index (κ2) is 6.08. The Morgan fingerprint density at radius 3 is 2.43 bits per heavy atom. The molecule has 0 amide bonds. The van der Waals surface area contributed by atoms with Crippen LogP contribution in [0.2, 0.25) is 0 Å². The Balaban J connectivity index is 3.31. The van der Waals surface area contributed by atoms with Crippen molar-refractivity contribution in [2.45, 2.75) is 38.1 Å². The summed E-state index contributed by atoms with van der Waals surface area (Å²) in [4.78, 5) is 10.1. The first-order chi connectivity index (χ1) is 9.53. The molecular weight excluding hydrogens is 294 g/mol. The number of nitrogens with two attached hydrogens (primary N) is 1. The summed E-state index contributed by atoms with van der Waals surface area (Å²) in [5.41, 5.74) is 5.03. The molecule has 1 rings (SSSR count). The third-order valence-corrected chi connectivity index (χ3v) is 5.49. The van der Waals surface area contributed by atoms with E-state index in [0.29, 0.717) is 5.56 Å². The summed E-state index contributed by atoms with van der Waals surface area (Å²) < 4.78 is 27.6. The summed E-state index contributed by atoms with van der Waals surface area (Å²) in [6.45, 7) is 7.14. The molecule has 1 atom stereocenters. The molecule has 0 aromatic heterocycles. The van der Waals surface area contributed by atoms with Crippen molar-refractivity contribution in [3.05, 3.63) is 33.9 Å². The number of nitro benzene ring substituents is 1. The van der Waals surface area contributed by atoms with Crippen LogP contribution in [0, 0.1) is 23.0 Å². The number of nitrogens with one attached hydrogen (secondary N) is 1. The first-order valence-corrected chi connectivity index (χ1v) is 8.01. The van der Waals surface area contributed by atoms with Crippen LogP contribution in [0.4, 0.5) is 5.69 Å². The smallest absolute Gasteiger partial charge is 0.270 e. The molecule has 0 saturated carbocycles. The van der Waals surface area contributed by atoms with Crippen molar-refractivity contribution in [2.24, 2.45) is 11.7 Å². The number of hydrogen-bond donors (Lipinski definition) is 2. The molecule has 0 fully saturated rings. The second-order valence-corrected chi connectivity index (χ2v) is 7.24. The molecule has 3 N–H and O–H groups in total. The number of aryl methyl sites for hydroxylation is 1. The quantitative estimate of drug-likeness (QED) is 0.610. The molecule has 0 spiro atoms. The Morgan fingerprint density at radius 2 is 2.00 bits per heavy atom. The number of hydrogen-bond acceptors (Lipinski definition) is 5. The maximum atomic E-state index is 12.5. The molecule has 8 heteroatoms. The molecule has 0 aliphatic heterocycles. The fourth-order valence-corrected chi connectivity index (χ4v) is 3.56. The Morgan fingerprint density at radius 1 is 1.43 bits per heavy atom. The summed E-state index contributed by atoms with van der Waals surface area (Å²) in [6.07, 6.45) is 0. The van der Waals surface area contributed by atoms with Crippen molar-refractivity contribution in [3.63, 3.8) is 0 Å².